The molecule has 0 bridgehead atoms. The Kier molecular flexibility index (Phi) is 5.22. The third-order valence-corrected chi connectivity index (χ3v) is 4.00. The second-order valence-corrected chi connectivity index (χ2v) is 6.76. The molecule has 1 N–H and O–H groups in total. The molecular formula is C18H26N2O2. The van der Waals surface area contributed by atoms with Gasteiger partial charge in [0.05, 0.1) is 0 Å². The molecule has 0 spiro atoms. The van der Waals surface area contributed by atoms with Gasteiger partial charge in [-0.15, -0.1) is 0 Å². The van der Waals surface area contributed by atoms with Gasteiger partial charge in [0.25, 0.3) is 0 Å². The van der Waals surface area contributed by atoms with Crippen LogP contribution in [-0.4, -0.2) is 24.4 Å². The molecule has 0 unspecified atom stereocenters. The molecule has 0 aliphatic carbocycles. The summed E-state index contributed by atoms with van der Waals surface area (Å²) in [6.07, 6.45) is 1.33. The van der Waals surface area contributed by atoms with Gasteiger partial charge in [0.1, 0.15) is 6.04 Å². The number of nitrogens with one attached hydrogen (secondary N) is 1. The largest absolute Gasteiger partial charge is 0.344 e. The lowest BCUT2D eigenvalue weighted by molar-refractivity contribution is -0.129. The van der Waals surface area contributed by atoms with Crippen LogP contribution in [0, 0.1) is 11.8 Å². The molecule has 1 heterocycles. The summed E-state index contributed by atoms with van der Waals surface area (Å²) in [5.41, 5.74) is 2.18. The first-order valence-corrected chi connectivity index (χ1v) is 8.08. The zero-order valence-electron chi connectivity index (χ0n) is 13.9. The molecule has 0 saturated heterocycles. The van der Waals surface area contributed by atoms with Crippen LogP contribution in [0.25, 0.3) is 0 Å². The van der Waals surface area contributed by atoms with E-state index in [0.717, 1.165) is 12.1 Å². The summed E-state index contributed by atoms with van der Waals surface area (Å²) in [5.74, 6) is 0.304. The molecule has 4 heteroatoms. The van der Waals surface area contributed by atoms with Gasteiger partial charge < -0.3 is 10.2 Å². The number of fused-ring (bicyclic) bond motifs is 1. The second-order valence-electron chi connectivity index (χ2n) is 6.76. The van der Waals surface area contributed by atoms with E-state index in [-0.39, 0.29) is 23.7 Å². The van der Waals surface area contributed by atoms with E-state index in [2.05, 4.69) is 11.4 Å². The van der Waals surface area contributed by atoms with Gasteiger partial charge in [-0.1, -0.05) is 45.9 Å². The van der Waals surface area contributed by atoms with Crippen LogP contribution >= 0.6 is 0 Å². The summed E-state index contributed by atoms with van der Waals surface area (Å²) in [4.78, 5) is 26.7. The molecule has 120 valence electrons. The van der Waals surface area contributed by atoms with Gasteiger partial charge in [0, 0.05) is 18.7 Å². The standard InChI is InChI=1S/C18H26N2O2/c1-12(2)11-16(21)19-17(13(3)4)18(22)20-10-9-14-7-5-6-8-15(14)20/h5-8,12-13,17H,9-11H2,1-4H3,(H,19,21)/t17-/m1/s1. The van der Waals surface area contributed by atoms with Crippen molar-refractivity contribution in [2.45, 2.75) is 46.6 Å². The maximum Gasteiger partial charge on any atom is 0.249 e. The monoisotopic (exact) mass is 302 g/mol. The van der Waals surface area contributed by atoms with Crippen LogP contribution in [0.5, 0.6) is 0 Å². The Labute approximate surface area is 132 Å². The van der Waals surface area contributed by atoms with Crippen molar-refractivity contribution < 1.29 is 9.59 Å². The molecule has 2 rings (SSSR count). The summed E-state index contributed by atoms with van der Waals surface area (Å²) in [7, 11) is 0. The fourth-order valence-corrected chi connectivity index (χ4v) is 2.85. The quantitative estimate of drug-likeness (QED) is 0.909. The molecule has 1 aromatic rings. The highest BCUT2D eigenvalue weighted by Crippen LogP contribution is 2.28. The number of para-hydroxylation sites is 1. The SMILES string of the molecule is CC(C)CC(=O)N[C@@H](C(=O)N1CCc2ccccc21)C(C)C. The van der Waals surface area contributed by atoms with Crippen LogP contribution in [0.15, 0.2) is 24.3 Å². The number of carbonyl (C=O) groups excluding carboxylic acids is 2. The summed E-state index contributed by atoms with van der Waals surface area (Å²) in [6, 6.07) is 7.53. The number of anilines is 1. The lowest BCUT2D eigenvalue weighted by atomic mass is 10.0. The van der Waals surface area contributed by atoms with E-state index in [1.807, 2.05) is 50.8 Å². The summed E-state index contributed by atoms with van der Waals surface area (Å²) < 4.78 is 0. The van der Waals surface area contributed by atoms with Crippen molar-refractivity contribution in [2.75, 3.05) is 11.4 Å². The number of amides is 2. The van der Waals surface area contributed by atoms with E-state index in [1.54, 1.807) is 0 Å². The molecule has 0 aromatic heterocycles. The minimum absolute atomic E-state index is 0.00273. The topological polar surface area (TPSA) is 49.4 Å². The maximum absolute atomic E-state index is 12.9. The average molecular weight is 302 g/mol. The summed E-state index contributed by atoms with van der Waals surface area (Å²) in [6.45, 7) is 8.65. The van der Waals surface area contributed by atoms with Crippen LogP contribution in [-0.2, 0) is 16.0 Å². The molecule has 2 amide bonds. The molecule has 1 atom stereocenters. The second kappa shape index (κ2) is 6.95. The van der Waals surface area contributed by atoms with Gasteiger partial charge in [-0.2, -0.15) is 0 Å². The highest BCUT2D eigenvalue weighted by molar-refractivity contribution is 6.00. The van der Waals surface area contributed by atoms with Gasteiger partial charge in [0.2, 0.25) is 11.8 Å². The third kappa shape index (κ3) is 3.67. The van der Waals surface area contributed by atoms with Crippen molar-refractivity contribution in [3.8, 4) is 0 Å². The van der Waals surface area contributed by atoms with Gasteiger partial charge in [0.15, 0.2) is 0 Å². The van der Waals surface area contributed by atoms with E-state index >= 15 is 0 Å². The van der Waals surface area contributed by atoms with Crippen LogP contribution in [0.1, 0.15) is 39.7 Å². The molecular weight excluding hydrogens is 276 g/mol. The fourth-order valence-electron chi connectivity index (χ4n) is 2.85. The molecule has 1 aliphatic rings. The molecule has 4 nitrogen and oxygen atoms in total. The number of nitrogens with zero attached hydrogens (tertiary/aromatic N) is 1. The first kappa shape index (κ1) is 16.5. The van der Waals surface area contributed by atoms with Crippen molar-refractivity contribution in [2.24, 2.45) is 11.8 Å². The minimum atomic E-state index is -0.461. The molecule has 1 aromatic carbocycles. The highest BCUT2D eigenvalue weighted by atomic mass is 16.2. The Bertz CT molecular complexity index is 552. The molecule has 0 fully saturated rings. The van der Waals surface area contributed by atoms with E-state index in [9.17, 15) is 9.59 Å². The van der Waals surface area contributed by atoms with E-state index in [4.69, 9.17) is 0 Å². The normalized spacial score (nSPS) is 15.1. The zero-order valence-corrected chi connectivity index (χ0v) is 13.9. The number of rotatable bonds is 5. The van der Waals surface area contributed by atoms with Crippen molar-refractivity contribution in [1.29, 1.82) is 0 Å². The van der Waals surface area contributed by atoms with Gasteiger partial charge in [-0.25, -0.2) is 0 Å². The van der Waals surface area contributed by atoms with Crippen LogP contribution in [0.4, 0.5) is 5.69 Å². The van der Waals surface area contributed by atoms with E-state index in [0.29, 0.717) is 13.0 Å². The first-order valence-electron chi connectivity index (χ1n) is 8.08. The van der Waals surface area contributed by atoms with Crippen LogP contribution in [0.2, 0.25) is 0 Å². The van der Waals surface area contributed by atoms with Gasteiger partial charge in [-0.05, 0) is 29.9 Å². The molecule has 22 heavy (non-hydrogen) atoms. The van der Waals surface area contributed by atoms with Crippen molar-refractivity contribution in [3.63, 3.8) is 0 Å². The lowest BCUT2D eigenvalue weighted by Crippen LogP contribution is -2.51. The maximum atomic E-state index is 12.9. The Morgan fingerprint density at radius 2 is 1.86 bits per heavy atom. The summed E-state index contributed by atoms with van der Waals surface area (Å²) in [5, 5.41) is 2.93. The molecule has 1 aliphatic heterocycles. The predicted octanol–water partition coefficient (Wildman–Crippen LogP) is 2.76. The third-order valence-electron chi connectivity index (χ3n) is 4.00. The Balaban J connectivity index is 2.13. The molecule has 0 saturated carbocycles. The fraction of sp³-hybridized carbons (Fsp3) is 0.556. The number of hydrogen-bond donors (Lipinski definition) is 1. The van der Waals surface area contributed by atoms with Gasteiger partial charge in [-0.3, -0.25) is 9.59 Å². The first-order chi connectivity index (χ1) is 10.4. The van der Waals surface area contributed by atoms with E-state index in [1.165, 1.54) is 5.56 Å². The Morgan fingerprint density at radius 1 is 1.18 bits per heavy atom. The zero-order chi connectivity index (χ0) is 16.3. The predicted molar refractivity (Wildman–Crippen MR) is 88.7 cm³/mol. The van der Waals surface area contributed by atoms with Gasteiger partial charge >= 0.3 is 0 Å². The number of benzene rings is 1. The number of carbonyl (C=O) groups is 2. The van der Waals surface area contributed by atoms with Crippen LogP contribution < -0.4 is 10.2 Å². The minimum Gasteiger partial charge on any atom is -0.344 e. The highest BCUT2D eigenvalue weighted by Gasteiger charge is 2.32. The lowest BCUT2D eigenvalue weighted by Gasteiger charge is -2.27. The van der Waals surface area contributed by atoms with Crippen LogP contribution in [0.3, 0.4) is 0 Å². The average Bonchev–Trinajstić information content (AvgIpc) is 2.87. The van der Waals surface area contributed by atoms with Crippen molar-refractivity contribution >= 4 is 17.5 Å². The summed E-state index contributed by atoms with van der Waals surface area (Å²) >= 11 is 0. The van der Waals surface area contributed by atoms with Crippen molar-refractivity contribution in [3.05, 3.63) is 29.8 Å². The Hall–Kier alpha value is -1.84. The van der Waals surface area contributed by atoms with E-state index < -0.39 is 6.04 Å². The number of hydrogen-bond acceptors (Lipinski definition) is 2. The smallest absolute Gasteiger partial charge is 0.249 e. The van der Waals surface area contributed by atoms with Crippen molar-refractivity contribution in [1.82, 2.24) is 5.32 Å². The molecule has 0 radical (unpaired) electrons. The Morgan fingerprint density at radius 3 is 2.50 bits per heavy atom.